The summed E-state index contributed by atoms with van der Waals surface area (Å²) in [5.74, 6) is -3.37. The third kappa shape index (κ3) is 8.89. The van der Waals surface area contributed by atoms with Crippen molar-refractivity contribution in [3.63, 3.8) is 0 Å². The number of aromatic amines is 1. The van der Waals surface area contributed by atoms with E-state index < -0.39 is 54.0 Å². The number of rotatable bonds is 14. The molecule has 3 amide bonds. The van der Waals surface area contributed by atoms with Crippen LogP contribution in [0.25, 0.3) is 10.9 Å². The third-order valence-corrected chi connectivity index (χ3v) is 6.75. The minimum Gasteiger partial charge on any atom is -0.480 e. The molecule has 0 aliphatic rings. The van der Waals surface area contributed by atoms with Gasteiger partial charge in [-0.15, -0.1) is 0 Å². The van der Waals surface area contributed by atoms with E-state index in [9.17, 15) is 29.4 Å². The number of hydrogen-bond donors (Lipinski definition) is 7. The monoisotopic (exact) mass is 565 g/mol. The Balaban J connectivity index is 1.69. The lowest BCUT2D eigenvalue weighted by atomic mass is 10.00. The minimum absolute atomic E-state index is 0.0269. The number of H-pyrrole nitrogens is 1. The highest BCUT2D eigenvalue weighted by atomic mass is 16.4. The zero-order chi connectivity index (χ0) is 30.1. The first-order valence-corrected chi connectivity index (χ1v) is 13.6. The summed E-state index contributed by atoms with van der Waals surface area (Å²) in [5, 5.41) is 28.6. The zero-order valence-corrected chi connectivity index (χ0v) is 23.5. The maximum Gasteiger partial charge on any atom is 0.326 e. The number of carbonyl (C=O) groups is 4. The van der Waals surface area contributed by atoms with Crippen molar-refractivity contribution in [1.29, 1.82) is 0 Å². The highest BCUT2D eigenvalue weighted by molar-refractivity contribution is 5.94. The van der Waals surface area contributed by atoms with Crippen LogP contribution in [0.1, 0.15) is 38.3 Å². The van der Waals surface area contributed by atoms with E-state index >= 15 is 0 Å². The largest absolute Gasteiger partial charge is 0.480 e. The van der Waals surface area contributed by atoms with Crippen LogP contribution in [0.2, 0.25) is 0 Å². The number of benzene rings is 2. The SMILES string of the molecule is CC(C)CC(NC(=O)C(NC(=O)C(N)Cc1ccccc1)C(C)O)C(=O)NC(Cc1c[nH]c2ccccc12)C(=O)O. The Kier molecular flexibility index (Phi) is 11.0. The number of aromatic nitrogens is 1. The molecule has 0 bridgehead atoms. The first kappa shape index (κ1) is 31.3. The van der Waals surface area contributed by atoms with E-state index in [-0.39, 0.29) is 25.2 Å². The number of nitrogens with one attached hydrogen (secondary N) is 4. The van der Waals surface area contributed by atoms with Crippen LogP contribution >= 0.6 is 0 Å². The molecule has 0 aliphatic heterocycles. The van der Waals surface area contributed by atoms with Crippen molar-refractivity contribution in [3.8, 4) is 0 Å². The molecule has 220 valence electrons. The lowest BCUT2D eigenvalue weighted by molar-refractivity contribution is -0.142. The Bertz CT molecular complexity index is 1340. The molecule has 11 heteroatoms. The molecular formula is C30H39N5O6. The van der Waals surface area contributed by atoms with Crippen molar-refractivity contribution in [2.45, 2.75) is 70.3 Å². The molecule has 3 aromatic rings. The molecule has 0 fully saturated rings. The number of aliphatic carboxylic acids is 1. The second kappa shape index (κ2) is 14.4. The van der Waals surface area contributed by atoms with Crippen LogP contribution in [0.4, 0.5) is 0 Å². The van der Waals surface area contributed by atoms with Gasteiger partial charge in [-0.1, -0.05) is 62.4 Å². The number of aliphatic hydroxyl groups excluding tert-OH is 1. The van der Waals surface area contributed by atoms with Crippen LogP contribution in [0.5, 0.6) is 0 Å². The molecule has 5 unspecified atom stereocenters. The average molecular weight is 566 g/mol. The number of hydrogen-bond acceptors (Lipinski definition) is 6. The van der Waals surface area contributed by atoms with Crippen molar-refractivity contribution in [1.82, 2.24) is 20.9 Å². The van der Waals surface area contributed by atoms with Crippen molar-refractivity contribution >= 4 is 34.6 Å². The molecule has 2 aromatic carbocycles. The number of aliphatic hydroxyl groups is 1. The molecule has 1 heterocycles. The van der Waals surface area contributed by atoms with Gasteiger partial charge in [0.2, 0.25) is 17.7 Å². The molecular weight excluding hydrogens is 526 g/mol. The van der Waals surface area contributed by atoms with Crippen molar-refractivity contribution in [2.75, 3.05) is 0 Å². The normalized spacial score (nSPS) is 15.0. The molecule has 5 atom stereocenters. The second-order valence-electron chi connectivity index (χ2n) is 10.7. The topological polar surface area (TPSA) is 187 Å². The first-order valence-electron chi connectivity index (χ1n) is 13.6. The number of fused-ring (bicyclic) bond motifs is 1. The van der Waals surface area contributed by atoms with E-state index in [4.69, 9.17) is 5.73 Å². The highest BCUT2D eigenvalue weighted by Crippen LogP contribution is 2.19. The summed E-state index contributed by atoms with van der Waals surface area (Å²) in [5.41, 5.74) is 8.44. The fraction of sp³-hybridized carbons (Fsp3) is 0.400. The number of carbonyl (C=O) groups excluding carboxylic acids is 3. The summed E-state index contributed by atoms with van der Waals surface area (Å²) < 4.78 is 0. The van der Waals surface area contributed by atoms with Crippen LogP contribution in [0, 0.1) is 5.92 Å². The van der Waals surface area contributed by atoms with Gasteiger partial charge in [0.25, 0.3) is 0 Å². The second-order valence-corrected chi connectivity index (χ2v) is 10.7. The van der Waals surface area contributed by atoms with Gasteiger partial charge in [0.05, 0.1) is 12.1 Å². The van der Waals surface area contributed by atoms with Crippen molar-refractivity contribution in [3.05, 3.63) is 71.9 Å². The Morgan fingerprint density at radius 3 is 2.10 bits per heavy atom. The van der Waals surface area contributed by atoms with Gasteiger partial charge >= 0.3 is 5.97 Å². The van der Waals surface area contributed by atoms with Gasteiger partial charge in [0, 0.05) is 23.5 Å². The van der Waals surface area contributed by atoms with Gasteiger partial charge in [-0.25, -0.2) is 4.79 Å². The van der Waals surface area contributed by atoms with E-state index in [0.717, 1.165) is 22.0 Å². The molecule has 0 spiro atoms. The molecule has 0 radical (unpaired) electrons. The Morgan fingerprint density at radius 2 is 1.46 bits per heavy atom. The number of carboxylic acid groups (broad SMARTS) is 1. The summed E-state index contributed by atoms with van der Waals surface area (Å²) in [4.78, 5) is 54.4. The molecule has 41 heavy (non-hydrogen) atoms. The van der Waals surface area contributed by atoms with E-state index in [1.54, 1.807) is 6.20 Å². The number of amides is 3. The number of nitrogens with two attached hydrogens (primary N) is 1. The Hall–Kier alpha value is -4.22. The van der Waals surface area contributed by atoms with Gasteiger partial charge in [0.15, 0.2) is 0 Å². The number of carboxylic acids is 1. The molecule has 0 saturated heterocycles. The Morgan fingerprint density at radius 1 is 0.829 bits per heavy atom. The fourth-order valence-corrected chi connectivity index (χ4v) is 4.58. The third-order valence-electron chi connectivity index (χ3n) is 6.75. The molecule has 1 aromatic heterocycles. The molecule has 11 nitrogen and oxygen atoms in total. The first-order chi connectivity index (χ1) is 19.5. The van der Waals surface area contributed by atoms with Gasteiger partial charge in [-0.3, -0.25) is 14.4 Å². The number of para-hydroxylation sites is 1. The maximum atomic E-state index is 13.3. The zero-order valence-electron chi connectivity index (χ0n) is 23.5. The lowest BCUT2D eigenvalue weighted by Gasteiger charge is -2.27. The van der Waals surface area contributed by atoms with Crippen molar-refractivity contribution < 1.29 is 29.4 Å². The van der Waals surface area contributed by atoms with E-state index in [1.807, 2.05) is 68.4 Å². The summed E-state index contributed by atoms with van der Waals surface area (Å²) in [7, 11) is 0. The van der Waals surface area contributed by atoms with Crippen LogP contribution in [-0.2, 0) is 32.0 Å². The minimum atomic E-state index is -1.38. The summed E-state index contributed by atoms with van der Waals surface area (Å²) in [6, 6.07) is 11.8. The van der Waals surface area contributed by atoms with E-state index in [1.165, 1.54) is 6.92 Å². The average Bonchev–Trinajstić information content (AvgIpc) is 3.33. The van der Waals surface area contributed by atoms with E-state index in [2.05, 4.69) is 20.9 Å². The predicted octanol–water partition coefficient (Wildman–Crippen LogP) is 1.25. The molecule has 3 rings (SSSR count). The van der Waals surface area contributed by atoms with Crippen molar-refractivity contribution in [2.24, 2.45) is 11.7 Å². The highest BCUT2D eigenvalue weighted by Gasteiger charge is 2.33. The van der Waals surface area contributed by atoms with Crippen LogP contribution < -0.4 is 21.7 Å². The summed E-state index contributed by atoms with van der Waals surface area (Å²) >= 11 is 0. The molecule has 0 saturated carbocycles. The van der Waals surface area contributed by atoms with Gasteiger partial charge < -0.3 is 36.9 Å². The maximum absolute atomic E-state index is 13.3. The smallest absolute Gasteiger partial charge is 0.326 e. The molecule has 8 N–H and O–H groups in total. The predicted molar refractivity (Wildman–Crippen MR) is 155 cm³/mol. The quantitative estimate of drug-likeness (QED) is 0.153. The van der Waals surface area contributed by atoms with Gasteiger partial charge in [-0.2, -0.15) is 0 Å². The van der Waals surface area contributed by atoms with Gasteiger partial charge in [-0.05, 0) is 42.9 Å². The standard InChI is InChI=1S/C30H39N5O6/c1-17(2)13-24(28(38)34-25(30(40)41)15-20-16-32-23-12-8-7-11-21(20)23)33-29(39)26(18(3)36)35-27(37)22(31)14-19-9-5-4-6-10-19/h4-12,16-18,22,24-26,32,36H,13-15,31H2,1-3H3,(H,33,39)(H,34,38)(H,35,37)(H,40,41). The molecule has 0 aliphatic carbocycles. The van der Waals surface area contributed by atoms with E-state index in [0.29, 0.717) is 0 Å². The van der Waals surface area contributed by atoms with Gasteiger partial charge in [0.1, 0.15) is 18.1 Å². The van der Waals surface area contributed by atoms with Crippen LogP contribution in [-0.4, -0.2) is 69.2 Å². The summed E-state index contributed by atoms with van der Waals surface area (Å²) in [6.07, 6.45) is 0.869. The lowest BCUT2D eigenvalue weighted by Crippen LogP contribution is -2.60. The Labute approximate surface area is 238 Å². The summed E-state index contributed by atoms with van der Waals surface area (Å²) in [6.45, 7) is 5.04. The van der Waals surface area contributed by atoms with Crippen LogP contribution in [0.15, 0.2) is 60.8 Å². The fourth-order valence-electron chi connectivity index (χ4n) is 4.58. The van der Waals surface area contributed by atoms with Crippen LogP contribution in [0.3, 0.4) is 0 Å².